The number of carbonyl (C=O) groups excluding carboxylic acids is 2. The van der Waals surface area contributed by atoms with Gasteiger partial charge in [0.1, 0.15) is 6.04 Å². The van der Waals surface area contributed by atoms with Crippen molar-refractivity contribution in [1.82, 2.24) is 30.6 Å². The van der Waals surface area contributed by atoms with Crippen molar-refractivity contribution in [1.29, 1.82) is 0 Å². The van der Waals surface area contributed by atoms with Gasteiger partial charge in [0, 0.05) is 24.7 Å². The summed E-state index contributed by atoms with van der Waals surface area (Å²) in [4.78, 5) is 94.6. The zero-order chi connectivity index (χ0) is 31.4. The van der Waals surface area contributed by atoms with Crippen molar-refractivity contribution in [3.63, 3.8) is 0 Å². The van der Waals surface area contributed by atoms with Crippen LogP contribution in [0.5, 0.6) is 0 Å². The number of nitrogen functional groups attached to an aromatic ring is 2. The minimum absolute atomic E-state index is 0. The molecule has 2 heterocycles. The van der Waals surface area contributed by atoms with Gasteiger partial charge in [-0.05, 0) is 30.7 Å². The van der Waals surface area contributed by atoms with E-state index >= 15 is 0 Å². The molecular formula is C21H25N9Na2O10P2. The van der Waals surface area contributed by atoms with Gasteiger partial charge in [-0.2, -0.15) is 9.97 Å². The molecule has 1 aromatic carbocycles. The quantitative estimate of drug-likeness (QED) is 0.0694. The summed E-state index contributed by atoms with van der Waals surface area (Å²) in [6.45, 7) is 0.276. The van der Waals surface area contributed by atoms with Crippen molar-refractivity contribution >= 4 is 61.6 Å². The fourth-order valence-electron chi connectivity index (χ4n) is 3.60. The molecule has 0 aliphatic heterocycles. The predicted molar refractivity (Wildman–Crippen MR) is 142 cm³/mol. The average molecular weight is 671 g/mol. The molecule has 0 fully saturated rings. The van der Waals surface area contributed by atoms with Gasteiger partial charge in [-0.3, -0.25) is 9.59 Å². The summed E-state index contributed by atoms with van der Waals surface area (Å²) in [7, 11) is -9.75. The summed E-state index contributed by atoms with van der Waals surface area (Å²) in [5.74, 6) is -3.63. The van der Waals surface area contributed by atoms with E-state index in [2.05, 4.69) is 25.3 Å². The molecule has 19 nitrogen and oxygen atoms in total. The molecule has 0 spiro atoms. The number of nitrogens with zero attached hydrogens (tertiary/aromatic N) is 5. The zero-order valence-electron chi connectivity index (χ0n) is 23.6. The fourth-order valence-corrected chi connectivity index (χ4v) is 5.69. The van der Waals surface area contributed by atoms with Crippen molar-refractivity contribution in [3.8, 4) is 0 Å². The van der Waals surface area contributed by atoms with Crippen LogP contribution in [0, 0.1) is 0 Å². The molecule has 2 amide bonds. The monoisotopic (exact) mass is 671 g/mol. The molecule has 0 aliphatic carbocycles. The molecule has 3 rings (SSSR count). The molecule has 0 radical (unpaired) electrons. The van der Waals surface area contributed by atoms with Gasteiger partial charge >= 0.3 is 65.1 Å². The molecule has 0 bridgehead atoms. The minimum atomic E-state index is -5.74. The first-order valence-electron chi connectivity index (χ1n) is 11.7. The van der Waals surface area contributed by atoms with Crippen LogP contribution in [0.3, 0.4) is 0 Å². The Balaban J connectivity index is 0.00000484. The summed E-state index contributed by atoms with van der Waals surface area (Å²) in [6.07, 6.45) is 0.129. The second-order valence-electron chi connectivity index (χ2n) is 8.88. The normalized spacial score (nSPS) is 14.8. The van der Waals surface area contributed by atoms with E-state index in [-0.39, 0.29) is 94.2 Å². The fraction of sp³-hybridized carbons (Fsp3) is 0.286. The maximum atomic E-state index is 12.6. The van der Waals surface area contributed by atoms with Crippen LogP contribution in [0.2, 0.25) is 0 Å². The minimum Gasteiger partial charge on any atom is -0.777 e. The topological polar surface area (TPSA) is 323 Å². The van der Waals surface area contributed by atoms with E-state index in [1.165, 1.54) is 23.6 Å². The van der Waals surface area contributed by atoms with E-state index in [1.54, 1.807) is 24.1 Å². The second kappa shape index (κ2) is 16.4. The average Bonchev–Trinajstić information content (AvgIpc) is 2.88. The van der Waals surface area contributed by atoms with Crippen LogP contribution in [0.4, 0.5) is 17.5 Å². The Bertz CT molecular complexity index is 1590. The van der Waals surface area contributed by atoms with Gasteiger partial charge in [0.25, 0.3) is 5.91 Å². The van der Waals surface area contributed by atoms with E-state index in [9.17, 15) is 38.4 Å². The predicted octanol–water partition coefficient (Wildman–Crippen LogP) is -8.32. The third-order valence-electron chi connectivity index (χ3n) is 5.64. The van der Waals surface area contributed by atoms with Gasteiger partial charge in [0.2, 0.25) is 11.9 Å². The van der Waals surface area contributed by atoms with Gasteiger partial charge in [-0.1, -0.05) is 0 Å². The van der Waals surface area contributed by atoms with Crippen LogP contribution in [0.1, 0.15) is 28.9 Å². The van der Waals surface area contributed by atoms with Crippen LogP contribution < -0.4 is 95.9 Å². The number of aliphatic carboxylic acids is 1. The first-order valence-corrected chi connectivity index (χ1v) is 15.0. The Morgan fingerprint density at radius 3 is 2.14 bits per heavy atom. The SMILES string of the molecule is CN(Cc1cnc2nc(N)nc(N)c2n1)c1ccc(C(=O)NC(CCC(=O)NC(P(=O)([O-])O)P(=O)([O-])O)C(=O)O)cc1.[Na+].[Na+]. The molecule has 226 valence electrons. The Hall–Kier alpha value is -2.25. The van der Waals surface area contributed by atoms with E-state index in [1.807, 2.05) is 0 Å². The number of aromatic nitrogens is 4. The molecule has 9 N–H and O–H groups in total. The molecule has 2 aromatic heterocycles. The first kappa shape index (κ1) is 39.8. The molecule has 0 saturated carbocycles. The molecule has 23 heteroatoms. The number of carboxylic acids is 1. The number of carboxylic acid groups (broad SMARTS) is 1. The van der Waals surface area contributed by atoms with E-state index in [0.29, 0.717) is 11.4 Å². The number of anilines is 3. The van der Waals surface area contributed by atoms with Crippen molar-refractivity contribution in [3.05, 3.63) is 41.7 Å². The number of amides is 2. The maximum absolute atomic E-state index is 12.6. The van der Waals surface area contributed by atoms with Crippen LogP contribution in [-0.4, -0.2) is 71.2 Å². The molecule has 0 saturated heterocycles. The van der Waals surface area contributed by atoms with Gasteiger partial charge in [-0.15, -0.1) is 0 Å². The maximum Gasteiger partial charge on any atom is 1.00 e. The largest absolute Gasteiger partial charge is 1.00 e. The molecule has 3 atom stereocenters. The number of hydrogen-bond donors (Lipinski definition) is 7. The third kappa shape index (κ3) is 11.0. The van der Waals surface area contributed by atoms with E-state index < -0.39 is 57.4 Å². The van der Waals surface area contributed by atoms with Crippen molar-refractivity contribution in [2.45, 2.75) is 31.0 Å². The molecule has 44 heavy (non-hydrogen) atoms. The van der Waals surface area contributed by atoms with Crippen molar-refractivity contribution in [2.75, 3.05) is 23.4 Å². The number of nitrogens with one attached hydrogen (secondary N) is 2. The van der Waals surface area contributed by atoms with Gasteiger partial charge in [0.15, 0.2) is 37.7 Å². The third-order valence-corrected chi connectivity index (χ3v) is 8.89. The number of benzene rings is 1. The molecular weight excluding hydrogens is 646 g/mol. The number of fused-ring (bicyclic) bond motifs is 1. The Morgan fingerprint density at radius 2 is 1.59 bits per heavy atom. The summed E-state index contributed by atoms with van der Waals surface area (Å²) in [5.41, 5.74) is 10.2. The van der Waals surface area contributed by atoms with Crippen molar-refractivity contribution in [2.24, 2.45) is 0 Å². The Morgan fingerprint density at radius 1 is 1.00 bits per heavy atom. The Labute approximate surface area is 293 Å². The van der Waals surface area contributed by atoms with Crippen molar-refractivity contribution < 1.29 is 107 Å². The van der Waals surface area contributed by atoms with Gasteiger partial charge in [-0.25, -0.2) is 14.8 Å². The van der Waals surface area contributed by atoms with Gasteiger partial charge < -0.3 is 60.8 Å². The summed E-state index contributed by atoms with van der Waals surface area (Å²) < 4.78 is 22.3. The van der Waals surface area contributed by atoms with Crippen LogP contribution in [-0.2, 0) is 25.3 Å². The van der Waals surface area contributed by atoms with Crippen LogP contribution in [0.25, 0.3) is 11.2 Å². The molecule has 3 aromatic rings. The number of carbonyl (C=O) groups is 3. The van der Waals surface area contributed by atoms with Crippen LogP contribution in [0.15, 0.2) is 30.5 Å². The number of nitrogens with two attached hydrogens (primary N) is 2. The van der Waals surface area contributed by atoms with Crippen LogP contribution >= 0.6 is 15.2 Å². The molecule has 3 unspecified atom stereocenters. The first-order chi connectivity index (χ1) is 19.5. The summed E-state index contributed by atoms with van der Waals surface area (Å²) in [6, 6.07) is 4.36. The van der Waals surface area contributed by atoms with Gasteiger partial charge in [0.05, 0.1) is 18.4 Å². The summed E-state index contributed by atoms with van der Waals surface area (Å²) >= 11 is 0. The Kier molecular flexibility index (Phi) is 14.8. The van der Waals surface area contributed by atoms with E-state index in [0.717, 1.165) is 0 Å². The molecule has 0 aliphatic rings. The zero-order valence-corrected chi connectivity index (χ0v) is 29.4. The second-order valence-corrected chi connectivity index (χ2v) is 12.6. The number of hydrogen-bond acceptors (Lipinski definition) is 14. The standard InChI is InChI=1S/C21H27N9O10P2.2Na/c1-30(9-11-8-24-17-15(25-11)16(22)28-20(23)29-17)12-4-2-10(3-5-12)18(32)26-13(19(33)34)6-7-14(31)27-21(41(35,36)37)42(38,39)40;;/h2-5,8,13,21H,6-7,9H2,1H3,(H,26,32)(H,27,31)(H,33,34)(H2,35,36,37)(H2,38,39,40)(H4,22,23,24,28,29);;/q;2*+1/p-2. The smallest absolute Gasteiger partial charge is 0.777 e. The van der Waals surface area contributed by atoms with E-state index in [4.69, 9.17) is 21.3 Å². The summed E-state index contributed by atoms with van der Waals surface area (Å²) in [5, 5.41) is 13.0. The number of rotatable bonds is 12.